The highest BCUT2D eigenvalue weighted by Crippen LogP contribution is 2.30. The SMILES string of the molecule is CNC(Cc1ccc(F)c(F)c1)c1sccc1Cl. The van der Waals surface area contributed by atoms with E-state index < -0.39 is 11.6 Å². The molecule has 1 nitrogen and oxygen atoms in total. The molecule has 2 aromatic rings. The molecular weight excluding hydrogens is 276 g/mol. The lowest BCUT2D eigenvalue weighted by molar-refractivity contribution is 0.505. The monoisotopic (exact) mass is 287 g/mol. The topological polar surface area (TPSA) is 12.0 Å². The Labute approximate surface area is 113 Å². The van der Waals surface area contributed by atoms with Gasteiger partial charge in [-0.3, -0.25) is 0 Å². The van der Waals surface area contributed by atoms with Crippen LogP contribution in [0.1, 0.15) is 16.5 Å². The van der Waals surface area contributed by atoms with E-state index in [4.69, 9.17) is 11.6 Å². The van der Waals surface area contributed by atoms with Gasteiger partial charge >= 0.3 is 0 Å². The Morgan fingerprint density at radius 1 is 1.28 bits per heavy atom. The molecule has 0 fully saturated rings. The minimum Gasteiger partial charge on any atom is -0.312 e. The average Bonchev–Trinajstić information content (AvgIpc) is 2.77. The Morgan fingerprint density at radius 2 is 2.06 bits per heavy atom. The Balaban J connectivity index is 2.20. The summed E-state index contributed by atoms with van der Waals surface area (Å²) >= 11 is 7.62. The van der Waals surface area contributed by atoms with E-state index in [9.17, 15) is 8.78 Å². The summed E-state index contributed by atoms with van der Waals surface area (Å²) in [6.07, 6.45) is 0.563. The molecule has 2 rings (SSSR count). The zero-order valence-electron chi connectivity index (χ0n) is 9.71. The molecule has 0 saturated heterocycles. The van der Waals surface area contributed by atoms with Crippen molar-refractivity contribution >= 4 is 22.9 Å². The van der Waals surface area contributed by atoms with E-state index in [-0.39, 0.29) is 6.04 Å². The summed E-state index contributed by atoms with van der Waals surface area (Å²) in [5, 5.41) is 5.74. The number of hydrogen-bond donors (Lipinski definition) is 1. The second-order valence-corrected chi connectivity index (χ2v) is 5.28. The van der Waals surface area contributed by atoms with Crippen molar-refractivity contribution in [3.8, 4) is 0 Å². The number of halogens is 3. The molecule has 1 atom stereocenters. The average molecular weight is 288 g/mol. The first-order valence-corrected chi connectivity index (χ1v) is 6.71. The molecule has 0 aliphatic rings. The molecule has 0 amide bonds. The van der Waals surface area contributed by atoms with E-state index in [2.05, 4.69) is 5.32 Å². The molecule has 96 valence electrons. The van der Waals surface area contributed by atoms with Gasteiger partial charge in [-0.05, 0) is 42.6 Å². The van der Waals surface area contributed by atoms with Crippen molar-refractivity contribution in [2.24, 2.45) is 0 Å². The summed E-state index contributed by atoms with van der Waals surface area (Å²) in [7, 11) is 1.82. The fraction of sp³-hybridized carbons (Fsp3) is 0.231. The van der Waals surface area contributed by atoms with Crippen LogP contribution in [0.2, 0.25) is 5.02 Å². The zero-order chi connectivity index (χ0) is 13.1. The van der Waals surface area contributed by atoms with Crippen LogP contribution in [0.5, 0.6) is 0 Å². The molecule has 0 bridgehead atoms. The van der Waals surface area contributed by atoms with Crippen LogP contribution in [-0.2, 0) is 6.42 Å². The minimum absolute atomic E-state index is 0.00219. The van der Waals surface area contributed by atoms with Gasteiger partial charge in [0.25, 0.3) is 0 Å². The van der Waals surface area contributed by atoms with Gasteiger partial charge < -0.3 is 5.32 Å². The van der Waals surface area contributed by atoms with Crippen LogP contribution in [0, 0.1) is 11.6 Å². The van der Waals surface area contributed by atoms with E-state index in [1.807, 2.05) is 18.5 Å². The van der Waals surface area contributed by atoms with Crippen LogP contribution >= 0.6 is 22.9 Å². The lowest BCUT2D eigenvalue weighted by Gasteiger charge is -2.15. The lowest BCUT2D eigenvalue weighted by Crippen LogP contribution is -2.18. The highest BCUT2D eigenvalue weighted by Gasteiger charge is 2.15. The van der Waals surface area contributed by atoms with Gasteiger partial charge in [-0.1, -0.05) is 17.7 Å². The number of thiophene rings is 1. The summed E-state index contributed by atoms with van der Waals surface area (Å²) in [6.45, 7) is 0. The molecule has 0 aliphatic heterocycles. The van der Waals surface area contributed by atoms with Crippen LogP contribution in [-0.4, -0.2) is 7.05 Å². The molecule has 1 aromatic heterocycles. The van der Waals surface area contributed by atoms with Gasteiger partial charge in [0.2, 0.25) is 0 Å². The Bertz CT molecular complexity index is 542. The van der Waals surface area contributed by atoms with Crippen molar-refractivity contribution in [1.82, 2.24) is 5.32 Å². The van der Waals surface area contributed by atoms with Gasteiger partial charge in [-0.2, -0.15) is 0 Å². The predicted octanol–water partition coefficient (Wildman–Crippen LogP) is 4.18. The normalized spacial score (nSPS) is 12.7. The molecule has 0 aliphatic carbocycles. The van der Waals surface area contributed by atoms with Gasteiger partial charge in [0.15, 0.2) is 11.6 Å². The van der Waals surface area contributed by atoms with Gasteiger partial charge in [-0.15, -0.1) is 11.3 Å². The summed E-state index contributed by atoms with van der Waals surface area (Å²) in [5.41, 5.74) is 0.734. The van der Waals surface area contributed by atoms with E-state index in [1.54, 1.807) is 17.4 Å². The molecule has 0 spiro atoms. The summed E-state index contributed by atoms with van der Waals surface area (Å²) in [4.78, 5) is 1.00. The van der Waals surface area contributed by atoms with Crippen molar-refractivity contribution in [2.45, 2.75) is 12.5 Å². The number of benzene rings is 1. The number of hydrogen-bond acceptors (Lipinski definition) is 2. The van der Waals surface area contributed by atoms with Crippen LogP contribution in [0.3, 0.4) is 0 Å². The van der Waals surface area contributed by atoms with Crippen LogP contribution in [0.25, 0.3) is 0 Å². The van der Waals surface area contributed by atoms with Crippen molar-refractivity contribution in [3.05, 3.63) is 56.7 Å². The highest BCUT2D eigenvalue weighted by atomic mass is 35.5. The van der Waals surface area contributed by atoms with Crippen LogP contribution < -0.4 is 5.32 Å². The first-order valence-electron chi connectivity index (χ1n) is 5.46. The Kier molecular flexibility index (Phi) is 4.32. The number of nitrogens with one attached hydrogen (secondary N) is 1. The largest absolute Gasteiger partial charge is 0.312 e. The Hall–Kier alpha value is -0.970. The van der Waals surface area contributed by atoms with Gasteiger partial charge in [0.05, 0.1) is 5.02 Å². The van der Waals surface area contributed by atoms with E-state index in [1.165, 1.54) is 6.07 Å². The van der Waals surface area contributed by atoms with Crippen LogP contribution in [0.4, 0.5) is 8.78 Å². The molecule has 1 N–H and O–H groups in total. The third-order valence-corrected chi connectivity index (χ3v) is 4.21. The number of rotatable bonds is 4. The fourth-order valence-corrected chi connectivity index (χ4v) is 3.08. The highest BCUT2D eigenvalue weighted by molar-refractivity contribution is 7.10. The fourth-order valence-electron chi connectivity index (χ4n) is 1.78. The molecule has 0 saturated carbocycles. The third-order valence-electron chi connectivity index (χ3n) is 2.73. The molecule has 18 heavy (non-hydrogen) atoms. The van der Waals surface area contributed by atoms with Crippen molar-refractivity contribution < 1.29 is 8.78 Å². The first-order chi connectivity index (χ1) is 8.61. The Morgan fingerprint density at radius 3 is 2.61 bits per heavy atom. The minimum atomic E-state index is -0.825. The quantitative estimate of drug-likeness (QED) is 0.889. The van der Waals surface area contributed by atoms with Crippen LogP contribution in [0.15, 0.2) is 29.6 Å². The summed E-state index contributed by atoms with van der Waals surface area (Å²) in [5.74, 6) is -1.64. The lowest BCUT2D eigenvalue weighted by atomic mass is 10.0. The molecule has 5 heteroatoms. The zero-order valence-corrected chi connectivity index (χ0v) is 11.3. The summed E-state index contributed by atoms with van der Waals surface area (Å²) < 4.78 is 26.0. The standard InChI is InChI=1S/C13H12ClF2NS/c1-17-12(13-9(14)4-5-18-13)7-8-2-3-10(15)11(16)6-8/h2-6,12,17H,7H2,1H3. The molecule has 1 heterocycles. The summed E-state index contributed by atoms with van der Waals surface area (Å²) in [6, 6.07) is 5.79. The molecular formula is C13H12ClF2NS. The van der Waals surface area contributed by atoms with Gasteiger partial charge in [0, 0.05) is 10.9 Å². The smallest absolute Gasteiger partial charge is 0.159 e. The second kappa shape index (κ2) is 5.78. The van der Waals surface area contributed by atoms with Crippen molar-refractivity contribution in [1.29, 1.82) is 0 Å². The maximum absolute atomic E-state index is 13.1. The van der Waals surface area contributed by atoms with Crippen molar-refractivity contribution in [2.75, 3.05) is 7.05 Å². The second-order valence-electron chi connectivity index (χ2n) is 3.93. The molecule has 0 radical (unpaired) electrons. The maximum atomic E-state index is 13.1. The predicted molar refractivity (Wildman–Crippen MR) is 71.2 cm³/mol. The molecule has 1 unspecified atom stereocenters. The van der Waals surface area contributed by atoms with Crippen molar-refractivity contribution in [3.63, 3.8) is 0 Å². The van der Waals surface area contributed by atoms with Gasteiger partial charge in [-0.25, -0.2) is 8.78 Å². The third kappa shape index (κ3) is 2.88. The van der Waals surface area contributed by atoms with E-state index in [0.29, 0.717) is 11.4 Å². The van der Waals surface area contributed by atoms with E-state index in [0.717, 1.165) is 16.5 Å². The first kappa shape index (κ1) is 13.5. The number of likely N-dealkylation sites (N-methyl/N-ethyl adjacent to an activating group) is 1. The molecule has 1 aromatic carbocycles. The maximum Gasteiger partial charge on any atom is 0.159 e. The van der Waals surface area contributed by atoms with Gasteiger partial charge in [0.1, 0.15) is 0 Å². The van der Waals surface area contributed by atoms with E-state index >= 15 is 0 Å².